The molecule has 0 aliphatic carbocycles. The predicted molar refractivity (Wildman–Crippen MR) is 60.1 cm³/mol. The molecule has 0 aliphatic rings. The molecular formula is C11H15N3O. The monoisotopic (exact) mass is 205 g/mol. The van der Waals surface area contributed by atoms with Crippen molar-refractivity contribution in [2.24, 2.45) is 10.9 Å². The first-order chi connectivity index (χ1) is 7.13. The first-order valence-electron chi connectivity index (χ1n) is 4.88. The molecule has 1 aromatic heterocycles. The Morgan fingerprint density at radius 1 is 1.60 bits per heavy atom. The van der Waals surface area contributed by atoms with E-state index < -0.39 is 0 Å². The van der Waals surface area contributed by atoms with Crippen LogP contribution in [0.15, 0.2) is 23.3 Å². The van der Waals surface area contributed by atoms with E-state index in [9.17, 15) is 4.79 Å². The number of rotatable bonds is 4. The number of aliphatic imine (C=N–C) groups is 1. The average molecular weight is 205 g/mol. The maximum absolute atomic E-state index is 10.1. The molecule has 4 heteroatoms. The summed E-state index contributed by atoms with van der Waals surface area (Å²) in [5.41, 5.74) is 0.589. The van der Waals surface area contributed by atoms with E-state index in [0.717, 1.165) is 12.4 Å². The highest BCUT2D eigenvalue weighted by molar-refractivity contribution is 5.54. The number of hydrogen-bond acceptors (Lipinski definition) is 4. The minimum Gasteiger partial charge on any atom is -0.359 e. The molecule has 0 unspecified atom stereocenters. The van der Waals surface area contributed by atoms with Crippen LogP contribution in [0.5, 0.6) is 0 Å². The standard InChI is InChI=1S/C11H15N3O/c1-9(2)7-14(3)11-6-10(13-8-15)4-5-12-11/h4-6,9H,7H2,1-3H3. The summed E-state index contributed by atoms with van der Waals surface area (Å²) in [6.45, 7) is 5.20. The largest absolute Gasteiger partial charge is 0.359 e. The van der Waals surface area contributed by atoms with Crippen LogP contribution in [-0.4, -0.2) is 24.7 Å². The van der Waals surface area contributed by atoms with Crippen LogP contribution in [0.4, 0.5) is 11.5 Å². The van der Waals surface area contributed by atoms with E-state index >= 15 is 0 Å². The van der Waals surface area contributed by atoms with Crippen molar-refractivity contribution in [1.29, 1.82) is 0 Å². The average Bonchev–Trinajstić information content (AvgIpc) is 2.17. The fraction of sp³-hybridized carbons (Fsp3) is 0.455. The fourth-order valence-electron chi connectivity index (χ4n) is 1.38. The van der Waals surface area contributed by atoms with E-state index in [4.69, 9.17) is 0 Å². The maximum Gasteiger partial charge on any atom is 0.240 e. The van der Waals surface area contributed by atoms with Gasteiger partial charge in [-0.2, -0.15) is 4.99 Å². The second-order valence-electron chi connectivity index (χ2n) is 3.85. The van der Waals surface area contributed by atoms with Crippen LogP contribution in [0.1, 0.15) is 13.8 Å². The molecule has 1 rings (SSSR count). The first-order valence-corrected chi connectivity index (χ1v) is 4.88. The van der Waals surface area contributed by atoms with Crippen molar-refractivity contribution in [2.45, 2.75) is 13.8 Å². The molecule has 80 valence electrons. The molecule has 15 heavy (non-hydrogen) atoms. The highest BCUT2D eigenvalue weighted by Crippen LogP contribution is 2.17. The molecule has 0 aromatic carbocycles. The Bertz CT molecular complexity index is 370. The van der Waals surface area contributed by atoms with Gasteiger partial charge in [0.05, 0.1) is 5.69 Å². The molecule has 0 N–H and O–H groups in total. The Morgan fingerprint density at radius 3 is 2.93 bits per heavy atom. The highest BCUT2D eigenvalue weighted by atomic mass is 16.1. The smallest absolute Gasteiger partial charge is 0.240 e. The third kappa shape index (κ3) is 3.52. The SMILES string of the molecule is CC(C)CN(C)c1cc(N=C=O)ccn1. The molecule has 1 heterocycles. The van der Waals surface area contributed by atoms with Crippen molar-refractivity contribution in [3.05, 3.63) is 18.3 Å². The zero-order valence-corrected chi connectivity index (χ0v) is 9.27. The van der Waals surface area contributed by atoms with Crippen molar-refractivity contribution < 1.29 is 4.79 Å². The molecule has 0 radical (unpaired) electrons. The van der Waals surface area contributed by atoms with Crippen molar-refractivity contribution in [3.63, 3.8) is 0 Å². The number of anilines is 1. The van der Waals surface area contributed by atoms with Gasteiger partial charge in [0, 0.05) is 25.9 Å². The van der Waals surface area contributed by atoms with Crippen LogP contribution in [0, 0.1) is 5.92 Å². The molecule has 0 aliphatic heterocycles. The van der Waals surface area contributed by atoms with Crippen molar-refractivity contribution in [1.82, 2.24) is 4.98 Å². The summed E-state index contributed by atoms with van der Waals surface area (Å²) in [6, 6.07) is 3.45. The second-order valence-corrected chi connectivity index (χ2v) is 3.85. The molecule has 0 spiro atoms. The molecule has 0 saturated carbocycles. The quantitative estimate of drug-likeness (QED) is 0.559. The van der Waals surface area contributed by atoms with Crippen LogP contribution < -0.4 is 4.90 Å². The molecule has 0 saturated heterocycles. The van der Waals surface area contributed by atoms with Gasteiger partial charge in [-0.15, -0.1) is 0 Å². The Labute approximate surface area is 89.7 Å². The lowest BCUT2D eigenvalue weighted by Gasteiger charge is -2.20. The van der Waals surface area contributed by atoms with Gasteiger partial charge in [0.15, 0.2) is 0 Å². The molecule has 0 bridgehead atoms. The summed E-state index contributed by atoms with van der Waals surface area (Å²) in [6.07, 6.45) is 3.16. The van der Waals surface area contributed by atoms with E-state index in [0.29, 0.717) is 11.6 Å². The summed E-state index contributed by atoms with van der Waals surface area (Å²) in [7, 11) is 1.97. The lowest BCUT2D eigenvalue weighted by atomic mass is 10.2. The van der Waals surface area contributed by atoms with Crippen molar-refractivity contribution >= 4 is 17.6 Å². The zero-order chi connectivity index (χ0) is 11.3. The molecule has 0 atom stereocenters. The number of nitrogens with zero attached hydrogens (tertiary/aromatic N) is 3. The summed E-state index contributed by atoms with van der Waals surface area (Å²) < 4.78 is 0. The van der Waals surface area contributed by atoms with E-state index in [1.807, 2.05) is 11.9 Å². The van der Waals surface area contributed by atoms with Gasteiger partial charge >= 0.3 is 0 Å². The van der Waals surface area contributed by atoms with Crippen molar-refractivity contribution in [2.75, 3.05) is 18.5 Å². The van der Waals surface area contributed by atoms with Gasteiger partial charge in [-0.3, -0.25) is 0 Å². The van der Waals surface area contributed by atoms with Gasteiger partial charge < -0.3 is 4.90 Å². The topological polar surface area (TPSA) is 45.6 Å². The van der Waals surface area contributed by atoms with Crippen LogP contribution >= 0.6 is 0 Å². The number of carbonyl (C=O) groups excluding carboxylic acids is 1. The van der Waals surface area contributed by atoms with Crippen LogP contribution in [0.2, 0.25) is 0 Å². The maximum atomic E-state index is 10.1. The molecule has 4 nitrogen and oxygen atoms in total. The number of pyridine rings is 1. The third-order valence-electron chi connectivity index (χ3n) is 1.93. The number of hydrogen-bond donors (Lipinski definition) is 0. The summed E-state index contributed by atoms with van der Waals surface area (Å²) in [5, 5.41) is 0. The zero-order valence-electron chi connectivity index (χ0n) is 9.27. The van der Waals surface area contributed by atoms with Gasteiger partial charge in [-0.1, -0.05) is 13.8 Å². The predicted octanol–water partition coefficient (Wildman–Crippen LogP) is 2.14. The van der Waals surface area contributed by atoms with Crippen LogP contribution in [0.3, 0.4) is 0 Å². The van der Waals surface area contributed by atoms with Crippen LogP contribution in [-0.2, 0) is 4.79 Å². The van der Waals surface area contributed by atoms with E-state index in [-0.39, 0.29) is 0 Å². The Morgan fingerprint density at radius 2 is 2.33 bits per heavy atom. The van der Waals surface area contributed by atoms with Crippen LogP contribution in [0.25, 0.3) is 0 Å². The fourth-order valence-corrected chi connectivity index (χ4v) is 1.38. The summed E-state index contributed by atoms with van der Waals surface area (Å²) >= 11 is 0. The van der Waals surface area contributed by atoms with E-state index in [1.165, 1.54) is 6.08 Å². The van der Waals surface area contributed by atoms with E-state index in [1.54, 1.807) is 18.3 Å². The van der Waals surface area contributed by atoms with Gasteiger partial charge in [0.25, 0.3) is 0 Å². The van der Waals surface area contributed by atoms with Gasteiger partial charge in [0.2, 0.25) is 6.08 Å². The Balaban J connectivity index is 2.84. The summed E-state index contributed by atoms with van der Waals surface area (Å²) in [4.78, 5) is 19.9. The number of aromatic nitrogens is 1. The highest BCUT2D eigenvalue weighted by Gasteiger charge is 2.04. The van der Waals surface area contributed by atoms with Crippen molar-refractivity contribution in [3.8, 4) is 0 Å². The first kappa shape index (κ1) is 11.4. The normalized spacial score (nSPS) is 9.87. The lowest BCUT2D eigenvalue weighted by molar-refractivity contribution is 0.565. The Hall–Kier alpha value is -1.67. The van der Waals surface area contributed by atoms with E-state index in [2.05, 4.69) is 23.8 Å². The lowest BCUT2D eigenvalue weighted by Crippen LogP contribution is -2.23. The van der Waals surface area contributed by atoms with Gasteiger partial charge in [0.1, 0.15) is 5.82 Å². The molecular weight excluding hydrogens is 190 g/mol. The minimum absolute atomic E-state index is 0.565. The van der Waals surface area contributed by atoms with Gasteiger partial charge in [-0.25, -0.2) is 9.78 Å². The minimum atomic E-state index is 0.565. The van der Waals surface area contributed by atoms with Gasteiger partial charge in [-0.05, 0) is 12.0 Å². The third-order valence-corrected chi connectivity index (χ3v) is 1.93. The molecule has 1 aromatic rings. The second kappa shape index (κ2) is 5.27. The summed E-state index contributed by atoms with van der Waals surface area (Å²) in [5.74, 6) is 1.38. The number of isocyanates is 1. The Kier molecular flexibility index (Phi) is 4.01. The molecule has 0 fully saturated rings. The molecule has 0 amide bonds.